The smallest absolute Gasteiger partial charge is 0.375 e. The number of nitrogens with one attached hydrogen (secondary N) is 3. The number of carbonyl (C=O) groups is 3. The number of carbonyl (C=O) groups excluding carboxylic acids is 3. The van der Waals surface area contributed by atoms with Crippen molar-refractivity contribution < 1.29 is 41.4 Å². The Balaban J connectivity index is 1.61. The molecule has 0 saturated heterocycles. The van der Waals surface area contributed by atoms with Gasteiger partial charge in [-0.1, -0.05) is 11.6 Å². The summed E-state index contributed by atoms with van der Waals surface area (Å²) in [4.78, 5) is 38.6. The fraction of sp³-hybridized carbons (Fsp3) is 0.192. The molecule has 0 saturated carbocycles. The molecule has 40 heavy (non-hydrogen) atoms. The van der Waals surface area contributed by atoms with Crippen molar-refractivity contribution in [1.29, 1.82) is 0 Å². The van der Waals surface area contributed by atoms with Gasteiger partial charge in [0.05, 0.1) is 24.0 Å². The lowest BCUT2D eigenvalue weighted by atomic mass is 9.95. The second-order valence-corrected chi connectivity index (χ2v) is 9.68. The molecule has 14 heteroatoms. The largest absolute Gasteiger partial charge is 0.423 e. The van der Waals surface area contributed by atoms with Crippen LogP contribution in [0.3, 0.4) is 0 Å². The number of amides is 4. The monoisotopic (exact) mass is 580 g/mol. The van der Waals surface area contributed by atoms with Crippen LogP contribution in [0.1, 0.15) is 40.0 Å². The number of alkyl halides is 3. The number of anilines is 3. The van der Waals surface area contributed by atoms with Gasteiger partial charge in [-0.25, -0.2) is 13.6 Å². The van der Waals surface area contributed by atoms with Gasteiger partial charge in [-0.05, 0) is 48.5 Å². The number of urea groups is 1. The van der Waals surface area contributed by atoms with E-state index in [1.54, 1.807) is 0 Å². The summed E-state index contributed by atoms with van der Waals surface area (Å²) in [7, 11) is 0. The fourth-order valence-electron chi connectivity index (χ4n) is 4.86. The fourth-order valence-corrected chi connectivity index (χ4v) is 5.09. The van der Waals surface area contributed by atoms with E-state index >= 15 is 0 Å². The maximum atomic E-state index is 14.1. The highest BCUT2D eigenvalue weighted by Crippen LogP contribution is 2.49. The van der Waals surface area contributed by atoms with Gasteiger partial charge < -0.3 is 21.1 Å². The van der Waals surface area contributed by atoms with Gasteiger partial charge in [0.25, 0.3) is 5.91 Å². The van der Waals surface area contributed by atoms with Gasteiger partial charge >= 0.3 is 12.2 Å². The second-order valence-electron chi connectivity index (χ2n) is 9.27. The van der Waals surface area contributed by atoms with Crippen LogP contribution >= 0.6 is 11.6 Å². The molecule has 0 aliphatic carbocycles. The quantitative estimate of drug-likeness (QED) is 0.319. The van der Waals surface area contributed by atoms with Gasteiger partial charge in [-0.15, -0.1) is 0 Å². The maximum Gasteiger partial charge on any atom is 0.423 e. The first-order chi connectivity index (χ1) is 18.7. The summed E-state index contributed by atoms with van der Waals surface area (Å²) in [5.41, 5.74) is -4.66. The van der Waals surface area contributed by atoms with Crippen molar-refractivity contribution in [1.82, 2.24) is 5.32 Å². The first kappa shape index (κ1) is 27.3. The standard InChI is InChI=1S/C26H18ClF5N4O4/c1-11(37)33-14-8-16-21(22(35-23(16)38)15-6-12(28)2-4-18(15)27)19(9-14)34-24(39)36-10-25(40,26(30,31)32)17-7-13(29)3-5-20(17)36/h2-9,22,40H,10H2,1H3,(H,33,37)(H,34,39)(H,35,38)/t22-,25+/m1/s1. The average Bonchev–Trinajstić information content (AvgIpc) is 3.35. The summed E-state index contributed by atoms with van der Waals surface area (Å²) >= 11 is 6.26. The number of hydrogen-bond acceptors (Lipinski definition) is 4. The van der Waals surface area contributed by atoms with E-state index in [0.717, 1.165) is 24.3 Å². The van der Waals surface area contributed by atoms with Crippen LogP contribution in [0.2, 0.25) is 5.02 Å². The zero-order valence-electron chi connectivity index (χ0n) is 20.3. The molecule has 0 spiro atoms. The normalized spacial score (nSPS) is 19.6. The van der Waals surface area contributed by atoms with Crippen molar-refractivity contribution in [3.63, 3.8) is 0 Å². The molecule has 208 valence electrons. The first-order valence-electron chi connectivity index (χ1n) is 11.6. The number of hydrogen-bond donors (Lipinski definition) is 4. The van der Waals surface area contributed by atoms with Crippen molar-refractivity contribution in [2.45, 2.75) is 24.7 Å². The molecule has 3 aromatic rings. The maximum absolute atomic E-state index is 14.1. The molecule has 0 unspecified atom stereocenters. The van der Waals surface area contributed by atoms with Crippen molar-refractivity contribution >= 4 is 46.5 Å². The van der Waals surface area contributed by atoms with Crippen LogP contribution in [0.4, 0.5) is 43.8 Å². The predicted octanol–water partition coefficient (Wildman–Crippen LogP) is 5.21. The van der Waals surface area contributed by atoms with Crippen molar-refractivity contribution in [3.8, 4) is 0 Å². The van der Waals surface area contributed by atoms with Gasteiger partial charge in [-0.3, -0.25) is 14.5 Å². The molecule has 4 amide bonds. The van der Waals surface area contributed by atoms with Crippen molar-refractivity contribution in [2.24, 2.45) is 0 Å². The number of fused-ring (bicyclic) bond motifs is 2. The molecule has 0 radical (unpaired) electrons. The van der Waals surface area contributed by atoms with Crippen LogP contribution in [0.25, 0.3) is 0 Å². The molecule has 3 aromatic carbocycles. The summed E-state index contributed by atoms with van der Waals surface area (Å²) in [6, 6.07) is 6.01. The highest BCUT2D eigenvalue weighted by atomic mass is 35.5. The Labute approximate surface area is 227 Å². The molecular formula is C26H18ClF5N4O4. The van der Waals surface area contributed by atoms with E-state index in [4.69, 9.17) is 11.6 Å². The lowest BCUT2D eigenvalue weighted by molar-refractivity contribution is -0.258. The minimum Gasteiger partial charge on any atom is -0.375 e. The zero-order valence-corrected chi connectivity index (χ0v) is 21.0. The lowest BCUT2D eigenvalue weighted by Gasteiger charge is -2.27. The Hall–Kier alpha value is -4.23. The summed E-state index contributed by atoms with van der Waals surface area (Å²) in [6.07, 6.45) is -5.26. The summed E-state index contributed by atoms with van der Waals surface area (Å²) < 4.78 is 69.6. The molecule has 8 nitrogen and oxygen atoms in total. The molecule has 2 atom stereocenters. The van der Waals surface area contributed by atoms with Gasteiger partial charge in [0.15, 0.2) is 0 Å². The van der Waals surface area contributed by atoms with E-state index in [9.17, 15) is 41.4 Å². The highest BCUT2D eigenvalue weighted by Gasteiger charge is 2.61. The van der Waals surface area contributed by atoms with Gasteiger partial charge in [0, 0.05) is 39.9 Å². The van der Waals surface area contributed by atoms with Crippen LogP contribution in [0.5, 0.6) is 0 Å². The van der Waals surface area contributed by atoms with Crippen molar-refractivity contribution in [3.05, 3.63) is 87.4 Å². The molecule has 2 heterocycles. The molecule has 2 aliphatic rings. The minimum atomic E-state index is -5.26. The highest BCUT2D eigenvalue weighted by molar-refractivity contribution is 6.31. The Morgan fingerprint density at radius 3 is 2.42 bits per heavy atom. The number of benzene rings is 3. The lowest BCUT2D eigenvalue weighted by Crippen LogP contribution is -2.48. The van der Waals surface area contributed by atoms with E-state index < -0.39 is 65.1 Å². The Morgan fingerprint density at radius 1 is 1.07 bits per heavy atom. The van der Waals surface area contributed by atoms with Crippen LogP contribution in [-0.2, 0) is 10.4 Å². The Morgan fingerprint density at radius 2 is 1.75 bits per heavy atom. The third-order valence-corrected chi connectivity index (χ3v) is 6.96. The summed E-state index contributed by atoms with van der Waals surface area (Å²) in [5, 5.41) is 18.1. The van der Waals surface area contributed by atoms with Crippen LogP contribution in [0.15, 0.2) is 48.5 Å². The number of rotatable bonds is 3. The van der Waals surface area contributed by atoms with E-state index in [1.165, 1.54) is 25.1 Å². The van der Waals surface area contributed by atoms with Crippen LogP contribution in [0, 0.1) is 11.6 Å². The average molecular weight is 581 g/mol. The Bertz CT molecular complexity index is 1600. The molecule has 0 fully saturated rings. The van der Waals surface area contributed by atoms with Gasteiger partial charge in [-0.2, -0.15) is 13.2 Å². The molecule has 2 aliphatic heterocycles. The molecular weight excluding hydrogens is 563 g/mol. The Kier molecular flexibility index (Phi) is 6.46. The SMILES string of the molecule is CC(=O)Nc1cc(NC(=O)N2C[C@@](O)(C(F)(F)F)c3cc(F)ccc32)c2c(c1)C(=O)N[C@@H]2c1cc(F)ccc1Cl. The number of β-amino-alcohol motifs (C(OH)–C–C–N with tert-alkyl or cyclic N) is 1. The van der Waals surface area contributed by atoms with Crippen molar-refractivity contribution in [2.75, 3.05) is 22.1 Å². The van der Waals surface area contributed by atoms with Gasteiger partial charge in [0.2, 0.25) is 11.5 Å². The number of aliphatic hydroxyl groups is 1. The van der Waals surface area contributed by atoms with E-state index in [2.05, 4.69) is 16.0 Å². The molecule has 0 aromatic heterocycles. The zero-order chi connectivity index (χ0) is 29.1. The third-order valence-electron chi connectivity index (χ3n) is 6.62. The summed E-state index contributed by atoms with van der Waals surface area (Å²) in [6.45, 7) is -0.0931. The molecule has 4 N–H and O–H groups in total. The van der Waals surface area contributed by atoms with E-state index in [0.29, 0.717) is 11.0 Å². The summed E-state index contributed by atoms with van der Waals surface area (Å²) in [5.74, 6) is -2.90. The number of halogens is 6. The molecule has 5 rings (SSSR count). The predicted molar refractivity (Wildman–Crippen MR) is 134 cm³/mol. The van der Waals surface area contributed by atoms with E-state index in [-0.39, 0.29) is 33.1 Å². The third kappa shape index (κ3) is 4.50. The minimum absolute atomic E-state index is 0.0254. The van der Waals surface area contributed by atoms with Crippen LogP contribution < -0.4 is 20.9 Å². The first-order valence-corrected chi connectivity index (χ1v) is 12.0. The van der Waals surface area contributed by atoms with Crippen LogP contribution in [-0.4, -0.2) is 35.7 Å². The van der Waals surface area contributed by atoms with Gasteiger partial charge in [0.1, 0.15) is 11.6 Å². The molecule has 0 bridgehead atoms. The van der Waals surface area contributed by atoms with E-state index in [1.807, 2.05) is 0 Å². The topological polar surface area (TPSA) is 111 Å². The number of nitrogens with zero attached hydrogens (tertiary/aromatic N) is 1. The second kappa shape index (κ2) is 9.45.